The van der Waals surface area contributed by atoms with Gasteiger partial charge in [-0.2, -0.15) is 0 Å². The van der Waals surface area contributed by atoms with Gasteiger partial charge in [0.25, 0.3) is 0 Å². The largest absolute Gasteiger partial charge is 0.334 e. The van der Waals surface area contributed by atoms with Crippen LogP contribution in [0.3, 0.4) is 0 Å². The highest BCUT2D eigenvalue weighted by Gasteiger charge is 2.05. The lowest BCUT2D eigenvalue weighted by Crippen LogP contribution is -2.23. The third-order valence-electron chi connectivity index (χ3n) is 2.47. The molecular formula is C10H14N4O. The van der Waals surface area contributed by atoms with Crippen molar-refractivity contribution in [2.24, 2.45) is 7.05 Å². The van der Waals surface area contributed by atoms with Gasteiger partial charge < -0.3 is 9.13 Å². The van der Waals surface area contributed by atoms with Gasteiger partial charge in [-0.25, -0.2) is 9.78 Å². The van der Waals surface area contributed by atoms with Crippen LogP contribution < -0.4 is 5.69 Å². The molecule has 2 heterocycles. The van der Waals surface area contributed by atoms with E-state index in [4.69, 9.17) is 0 Å². The fourth-order valence-corrected chi connectivity index (χ4v) is 1.56. The van der Waals surface area contributed by atoms with Crippen molar-refractivity contribution in [1.82, 2.24) is 18.7 Å². The molecule has 0 spiro atoms. The van der Waals surface area contributed by atoms with Gasteiger partial charge in [-0.05, 0) is 6.92 Å². The van der Waals surface area contributed by atoms with Crippen LogP contribution in [0.15, 0.2) is 29.6 Å². The van der Waals surface area contributed by atoms with Gasteiger partial charge in [-0.3, -0.25) is 4.57 Å². The van der Waals surface area contributed by atoms with E-state index in [2.05, 4.69) is 11.9 Å². The average Bonchev–Trinajstić information content (AvgIpc) is 2.80. The summed E-state index contributed by atoms with van der Waals surface area (Å²) in [6.07, 6.45) is 7.20. The minimum absolute atomic E-state index is 0.0133. The standard InChI is InChI=1S/C10H14N4O/c1-3-13-5-4-11-9(13)8-14-7-6-12(2)10(14)15/h4-7H,3,8H2,1-2H3. The molecule has 15 heavy (non-hydrogen) atoms. The number of aromatic nitrogens is 4. The lowest BCUT2D eigenvalue weighted by molar-refractivity contribution is 0.629. The van der Waals surface area contributed by atoms with Crippen LogP contribution >= 0.6 is 0 Å². The Kier molecular flexibility index (Phi) is 2.45. The molecule has 0 unspecified atom stereocenters. The van der Waals surface area contributed by atoms with E-state index in [1.807, 2.05) is 10.8 Å². The van der Waals surface area contributed by atoms with Crippen LogP contribution in [0.1, 0.15) is 12.7 Å². The van der Waals surface area contributed by atoms with Gasteiger partial charge in [0.2, 0.25) is 0 Å². The maximum Gasteiger partial charge on any atom is 0.328 e. The Morgan fingerprint density at radius 2 is 2.07 bits per heavy atom. The van der Waals surface area contributed by atoms with Gasteiger partial charge in [0.05, 0.1) is 6.54 Å². The minimum Gasteiger partial charge on any atom is -0.334 e. The molecule has 80 valence electrons. The fourth-order valence-electron chi connectivity index (χ4n) is 1.56. The van der Waals surface area contributed by atoms with E-state index < -0.39 is 0 Å². The summed E-state index contributed by atoms with van der Waals surface area (Å²) < 4.78 is 5.23. The normalized spacial score (nSPS) is 10.8. The highest BCUT2D eigenvalue weighted by molar-refractivity contribution is 4.94. The van der Waals surface area contributed by atoms with E-state index in [0.717, 1.165) is 12.4 Å². The van der Waals surface area contributed by atoms with Crippen molar-refractivity contribution in [3.63, 3.8) is 0 Å². The quantitative estimate of drug-likeness (QED) is 0.732. The van der Waals surface area contributed by atoms with Crippen LogP contribution in [0.5, 0.6) is 0 Å². The Labute approximate surface area is 87.6 Å². The summed E-state index contributed by atoms with van der Waals surface area (Å²) in [5.74, 6) is 0.908. The second-order valence-corrected chi connectivity index (χ2v) is 3.45. The molecule has 0 bridgehead atoms. The van der Waals surface area contributed by atoms with Gasteiger partial charge >= 0.3 is 5.69 Å². The van der Waals surface area contributed by atoms with Crippen molar-refractivity contribution in [3.8, 4) is 0 Å². The monoisotopic (exact) mass is 206 g/mol. The zero-order valence-electron chi connectivity index (χ0n) is 8.92. The Bertz CT molecular complexity index is 505. The van der Waals surface area contributed by atoms with Gasteiger partial charge in [0.1, 0.15) is 5.82 Å². The first-order chi connectivity index (χ1) is 7.22. The van der Waals surface area contributed by atoms with Crippen molar-refractivity contribution in [1.29, 1.82) is 0 Å². The summed E-state index contributed by atoms with van der Waals surface area (Å²) in [5, 5.41) is 0. The molecule has 2 aromatic heterocycles. The predicted molar refractivity (Wildman–Crippen MR) is 56.7 cm³/mol. The molecule has 5 heteroatoms. The highest BCUT2D eigenvalue weighted by Crippen LogP contribution is 1.99. The summed E-state index contributed by atoms with van der Waals surface area (Å²) in [6.45, 7) is 3.45. The number of aryl methyl sites for hydroxylation is 2. The van der Waals surface area contributed by atoms with E-state index in [-0.39, 0.29) is 5.69 Å². The number of nitrogens with zero attached hydrogens (tertiary/aromatic N) is 4. The van der Waals surface area contributed by atoms with Crippen LogP contribution in [0.4, 0.5) is 0 Å². The molecule has 0 amide bonds. The first-order valence-electron chi connectivity index (χ1n) is 4.94. The smallest absolute Gasteiger partial charge is 0.328 e. The van der Waals surface area contributed by atoms with E-state index in [9.17, 15) is 4.79 Å². The molecule has 5 nitrogen and oxygen atoms in total. The van der Waals surface area contributed by atoms with Crippen LogP contribution in [-0.4, -0.2) is 18.7 Å². The lowest BCUT2D eigenvalue weighted by Gasteiger charge is -2.04. The predicted octanol–water partition coefficient (Wildman–Crippen LogP) is 0.452. The van der Waals surface area contributed by atoms with E-state index in [1.54, 1.807) is 34.8 Å². The lowest BCUT2D eigenvalue weighted by atomic mass is 10.5. The van der Waals surface area contributed by atoms with Gasteiger partial charge in [0.15, 0.2) is 0 Å². The number of rotatable bonds is 3. The minimum atomic E-state index is -0.0133. The van der Waals surface area contributed by atoms with Crippen LogP contribution in [-0.2, 0) is 20.1 Å². The van der Waals surface area contributed by atoms with Crippen molar-refractivity contribution in [2.45, 2.75) is 20.0 Å². The summed E-state index contributed by atoms with van der Waals surface area (Å²) in [7, 11) is 1.74. The van der Waals surface area contributed by atoms with Crippen LogP contribution in [0, 0.1) is 0 Å². The molecule has 0 aromatic carbocycles. The second kappa shape index (κ2) is 3.76. The second-order valence-electron chi connectivity index (χ2n) is 3.45. The first kappa shape index (κ1) is 9.76. The maximum atomic E-state index is 11.6. The van der Waals surface area contributed by atoms with Gasteiger partial charge in [-0.15, -0.1) is 0 Å². The summed E-state index contributed by atoms with van der Waals surface area (Å²) in [5.41, 5.74) is -0.0133. The van der Waals surface area contributed by atoms with E-state index in [0.29, 0.717) is 6.54 Å². The Hall–Kier alpha value is -1.78. The molecule has 2 rings (SSSR count). The summed E-state index contributed by atoms with van der Waals surface area (Å²) in [6, 6.07) is 0. The fraction of sp³-hybridized carbons (Fsp3) is 0.400. The van der Waals surface area contributed by atoms with Crippen LogP contribution in [0.25, 0.3) is 0 Å². The van der Waals surface area contributed by atoms with Gasteiger partial charge in [0, 0.05) is 38.4 Å². The van der Waals surface area contributed by atoms with Crippen molar-refractivity contribution < 1.29 is 0 Å². The molecule has 0 radical (unpaired) electrons. The Morgan fingerprint density at radius 1 is 1.27 bits per heavy atom. The SMILES string of the molecule is CCn1ccnc1Cn1ccn(C)c1=O. The van der Waals surface area contributed by atoms with Crippen LogP contribution in [0.2, 0.25) is 0 Å². The topological polar surface area (TPSA) is 44.8 Å². The third-order valence-corrected chi connectivity index (χ3v) is 2.47. The number of imidazole rings is 2. The molecule has 0 saturated heterocycles. The molecule has 0 fully saturated rings. The molecule has 0 atom stereocenters. The maximum absolute atomic E-state index is 11.6. The molecular weight excluding hydrogens is 192 g/mol. The first-order valence-corrected chi connectivity index (χ1v) is 4.94. The Morgan fingerprint density at radius 3 is 2.67 bits per heavy atom. The molecule has 2 aromatic rings. The zero-order chi connectivity index (χ0) is 10.8. The average molecular weight is 206 g/mol. The van der Waals surface area contributed by atoms with Gasteiger partial charge in [-0.1, -0.05) is 0 Å². The number of hydrogen-bond acceptors (Lipinski definition) is 2. The van der Waals surface area contributed by atoms with Crippen molar-refractivity contribution in [3.05, 3.63) is 41.1 Å². The molecule has 0 aliphatic carbocycles. The molecule has 0 aliphatic heterocycles. The third kappa shape index (κ3) is 1.72. The van der Waals surface area contributed by atoms with Crippen molar-refractivity contribution >= 4 is 0 Å². The molecule has 0 saturated carbocycles. The summed E-state index contributed by atoms with van der Waals surface area (Å²) >= 11 is 0. The number of hydrogen-bond donors (Lipinski definition) is 0. The van der Waals surface area contributed by atoms with Crippen molar-refractivity contribution in [2.75, 3.05) is 0 Å². The van der Waals surface area contributed by atoms with E-state index in [1.165, 1.54) is 0 Å². The Balaban J connectivity index is 2.29. The zero-order valence-corrected chi connectivity index (χ0v) is 8.92. The molecule has 0 N–H and O–H groups in total. The van der Waals surface area contributed by atoms with E-state index >= 15 is 0 Å². The summed E-state index contributed by atoms with van der Waals surface area (Å²) in [4.78, 5) is 15.8. The highest BCUT2D eigenvalue weighted by atomic mass is 16.1. The molecule has 0 aliphatic rings.